The van der Waals surface area contributed by atoms with Gasteiger partial charge in [-0.3, -0.25) is 9.69 Å². The van der Waals surface area contributed by atoms with Gasteiger partial charge in [-0.1, -0.05) is 0 Å². The number of fused-ring (bicyclic) bond motifs is 1. The Balaban J connectivity index is 1.78. The molecular formula is C16H21N3O5. The van der Waals surface area contributed by atoms with Crippen LogP contribution in [0.4, 0.5) is 4.79 Å². The van der Waals surface area contributed by atoms with E-state index in [9.17, 15) is 9.59 Å². The Morgan fingerprint density at radius 2 is 2.25 bits per heavy atom. The Labute approximate surface area is 140 Å². The molecule has 2 heterocycles. The molecule has 2 aliphatic heterocycles. The van der Waals surface area contributed by atoms with Crippen LogP contribution in [0, 0.1) is 0 Å². The van der Waals surface area contributed by atoms with Crippen LogP contribution in [-0.4, -0.2) is 74.3 Å². The number of nitrogens with two attached hydrogens (primary N) is 1. The van der Waals surface area contributed by atoms with Crippen molar-refractivity contribution in [3.05, 3.63) is 23.8 Å². The monoisotopic (exact) mass is 335 g/mol. The summed E-state index contributed by atoms with van der Waals surface area (Å²) in [4.78, 5) is 27.8. The number of hydrogen-bond donors (Lipinski definition) is 1. The summed E-state index contributed by atoms with van der Waals surface area (Å²) >= 11 is 0. The number of carbonyl (C=O) groups is 2. The second-order valence-corrected chi connectivity index (χ2v) is 5.67. The Bertz CT molecular complexity index is 636. The number of rotatable bonds is 5. The SMILES string of the molecule is COc1ccc(C(=O)N2CCN3C(=O)OCC3C2)c(OCCN)c1. The normalized spacial score (nSPS) is 19.8. The summed E-state index contributed by atoms with van der Waals surface area (Å²) in [6.07, 6.45) is -0.302. The van der Waals surface area contributed by atoms with E-state index in [0.29, 0.717) is 56.5 Å². The van der Waals surface area contributed by atoms with E-state index in [1.807, 2.05) is 0 Å². The van der Waals surface area contributed by atoms with Crippen LogP contribution in [0.5, 0.6) is 11.5 Å². The third-order valence-corrected chi connectivity index (χ3v) is 4.20. The minimum absolute atomic E-state index is 0.0816. The fraction of sp³-hybridized carbons (Fsp3) is 0.500. The molecule has 2 fully saturated rings. The molecule has 1 aromatic carbocycles. The minimum Gasteiger partial charge on any atom is -0.497 e. The molecule has 1 aromatic rings. The van der Waals surface area contributed by atoms with Crippen molar-refractivity contribution >= 4 is 12.0 Å². The minimum atomic E-state index is -0.302. The Hall–Kier alpha value is -2.48. The molecule has 2 amide bonds. The van der Waals surface area contributed by atoms with Crippen LogP contribution in [0.25, 0.3) is 0 Å². The maximum atomic E-state index is 12.9. The van der Waals surface area contributed by atoms with E-state index in [4.69, 9.17) is 19.9 Å². The summed E-state index contributed by atoms with van der Waals surface area (Å²) in [5.41, 5.74) is 5.95. The van der Waals surface area contributed by atoms with Crippen LogP contribution in [-0.2, 0) is 4.74 Å². The average molecular weight is 335 g/mol. The fourth-order valence-corrected chi connectivity index (χ4v) is 2.94. The van der Waals surface area contributed by atoms with Crippen molar-refractivity contribution in [2.75, 3.05) is 46.5 Å². The topological polar surface area (TPSA) is 94.3 Å². The van der Waals surface area contributed by atoms with Crippen LogP contribution in [0.2, 0.25) is 0 Å². The van der Waals surface area contributed by atoms with E-state index in [1.54, 1.807) is 35.1 Å². The van der Waals surface area contributed by atoms with Crippen LogP contribution in [0.15, 0.2) is 18.2 Å². The molecule has 0 aromatic heterocycles. The zero-order valence-electron chi connectivity index (χ0n) is 13.6. The second kappa shape index (κ2) is 6.96. The van der Waals surface area contributed by atoms with Gasteiger partial charge in [-0.25, -0.2) is 4.79 Å². The quantitative estimate of drug-likeness (QED) is 0.832. The lowest BCUT2D eigenvalue weighted by Gasteiger charge is -2.35. The van der Waals surface area contributed by atoms with Gasteiger partial charge in [0.1, 0.15) is 24.7 Å². The molecule has 0 bridgehead atoms. The Morgan fingerprint density at radius 3 is 3.00 bits per heavy atom. The largest absolute Gasteiger partial charge is 0.497 e. The molecule has 8 nitrogen and oxygen atoms in total. The highest BCUT2D eigenvalue weighted by Gasteiger charge is 2.39. The maximum Gasteiger partial charge on any atom is 0.410 e. The summed E-state index contributed by atoms with van der Waals surface area (Å²) in [6, 6.07) is 5.01. The third-order valence-electron chi connectivity index (χ3n) is 4.20. The number of piperazine rings is 1. The smallest absolute Gasteiger partial charge is 0.410 e. The van der Waals surface area contributed by atoms with E-state index >= 15 is 0 Å². The first-order valence-corrected chi connectivity index (χ1v) is 7.87. The molecule has 24 heavy (non-hydrogen) atoms. The van der Waals surface area contributed by atoms with Gasteiger partial charge in [0.15, 0.2) is 0 Å². The van der Waals surface area contributed by atoms with Crippen molar-refractivity contribution < 1.29 is 23.8 Å². The highest BCUT2D eigenvalue weighted by Crippen LogP contribution is 2.27. The molecular weight excluding hydrogens is 314 g/mol. The van der Waals surface area contributed by atoms with Gasteiger partial charge in [0.05, 0.1) is 18.7 Å². The van der Waals surface area contributed by atoms with E-state index < -0.39 is 0 Å². The predicted molar refractivity (Wildman–Crippen MR) is 85.3 cm³/mol. The Morgan fingerprint density at radius 1 is 1.42 bits per heavy atom. The Kier molecular flexibility index (Phi) is 4.75. The summed E-state index contributed by atoms with van der Waals surface area (Å²) < 4.78 is 15.8. The molecule has 1 atom stereocenters. The molecule has 3 rings (SSSR count). The van der Waals surface area contributed by atoms with Crippen LogP contribution in [0.1, 0.15) is 10.4 Å². The molecule has 2 N–H and O–H groups in total. The molecule has 0 radical (unpaired) electrons. The molecule has 2 saturated heterocycles. The van der Waals surface area contributed by atoms with Gasteiger partial charge in [0.25, 0.3) is 5.91 Å². The van der Waals surface area contributed by atoms with Crippen molar-refractivity contribution in [1.29, 1.82) is 0 Å². The van der Waals surface area contributed by atoms with E-state index in [1.165, 1.54) is 0 Å². The number of amides is 2. The van der Waals surface area contributed by atoms with E-state index in [-0.39, 0.29) is 18.0 Å². The molecule has 0 aliphatic carbocycles. The van der Waals surface area contributed by atoms with Crippen LogP contribution < -0.4 is 15.2 Å². The first-order chi connectivity index (χ1) is 11.6. The molecule has 8 heteroatoms. The lowest BCUT2D eigenvalue weighted by atomic mass is 10.1. The standard InChI is InChI=1S/C16H21N3O5/c1-22-12-2-3-13(14(8-12)23-7-4-17)15(20)18-5-6-19-11(9-18)10-24-16(19)21/h2-3,8,11H,4-7,9-10,17H2,1H3. The summed E-state index contributed by atoms with van der Waals surface area (Å²) in [6.45, 7) is 2.38. The van der Waals surface area contributed by atoms with Crippen molar-refractivity contribution in [3.8, 4) is 11.5 Å². The fourth-order valence-electron chi connectivity index (χ4n) is 2.94. The molecule has 1 unspecified atom stereocenters. The number of carbonyl (C=O) groups excluding carboxylic acids is 2. The predicted octanol–water partition coefficient (Wildman–Crippen LogP) is 0.309. The number of ether oxygens (including phenoxy) is 3. The van der Waals surface area contributed by atoms with Crippen LogP contribution in [0.3, 0.4) is 0 Å². The van der Waals surface area contributed by atoms with E-state index in [0.717, 1.165) is 0 Å². The summed E-state index contributed by atoms with van der Waals surface area (Å²) in [5, 5.41) is 0. The highest BCUT2D eigenvalue weighted by molar-refractivity contribution is 5.97. The zero-order chi connectivity index (χ0) is 17.1. The first kappa shape index (κ1) is 16.4. The van der Waals surface area contributed by atoms with Crippen molar-refractivity contribution in [1.82, 2.24) is 9.80 Å². The maximum absolute atomic E-state index is 12.9. The molecule has 2 aliphatic rings. The van der Waals surface area contributed by atoms with Crippen molar-refractivity contribution in [2.24, 2.45) is 5.73 Å². The lowest BCUT2D eigenvalue weighted by Crippen LogP contribution is -2.53. The number of methoxy groups -OCH3 is 1. The van der Waals surface area contributed by atoms with Gasteiger partial charge < -0.3 is 24.8 Å². The number of nitrogens with zero attached hydrogens (tertiary/aromatic N) is 2. The van der Waals surface area contributed by atoms with Crippen molar-refractivity contribution in [3.63, 3.8) is 0 Å². The number of benzene rings is 1. The van der Waals surface area contributed by atoms with Gasteiger partial charge in [-0.05, 0) is 12.1 Å². The molecule has 130 valence electrons. The zero-order valence-corrected chi connectivity index (χ0v) is 13.6. The van der Waals surface area contributed by atoms with Gasteiger partial charge >= 0.3 is 6.09 Å². The van der Waals surface area contributed by atoms with Gasteiger partial charge in [0.2, 0.25) is 0 Å². The second-order valence-electron chi connectivity index (χ2n) is 5.67. The van der Waals surface area contributed by atoms with E-state index in [2.05, 4.69) is 0 Å². The highest BCUT2D eigenvalue weighted by atomic mass is 16.6. The first-order valence-electron chi connectivity index (χ1n) is 7.87. The molecule has 0 saturated carbocycles. The average Bonchev–Trinajstić information content (AvgIpc) is 2.99. The van der Waals surface area contributed by atoms with Gasteiger partial charge in [-0.2, -0.15) is 0 Å². The van der Waals surface area contributed by atoms with Crippen LogP contribution >= 0.6 is 0 Å². The number of hydrogen-bond acceptors (Lipinski definition) is 6. The summed E-state index contributed by atoms with van der Waals surface area (Å²) in [5.74, 6) is 0.924. The summed E-state index contributed by atoms with van der Waals surface area (Å²) in [7, 11) is 1.56. The number of cyclic esters (lactones) is 1. The molecule has 0 spiro atoms. The van der Waals surface area contributed by atoms with Gasteiger partial charge in [-0.15, -0.1) is 0 Å². The van der Waals surface area contributed by atoms with Gasteiger partial charge in [0, 0.05) is 32.2 Å². The lowest BCUT2D eigenvalue weighted by molar-refractivity contribution is 0.0613. The third kappa shape index (κ3) is 3.09. The van der Waals surface area contributed by atoms with Crippen molar-refractivity contribution in [2.45, 2.75) is 6.04 Å².